The van der Waals surface area contributed by atoms with E-state index < -0.39 is 10.8 Å². The van der Waals surface area contributed by atoms with Gasteiger partial charge in [-0.2, -0.15) is 0 Å². The highest BCUT2D eigenvalue weighted by Crippen LogP contribution is 2.32. The van der Waals surface area contributed by atoms with Crippen LogP contribution in [0.25, 0.3) is 0 Å². The highest BCUT2D eigenvalue weighted by molar-refractivity contribution is 5.94. The Morgan fingerprint density at radius 2 is 2.10 bits per heavy atom. The van der Waals surface area contributed by atoms with Gasteiger partial charge in [-0.1, -0.05) is 0 Å². The molecular weight excluding hydrogens is 272 g/mol. The zero-order chi connectivity index (χ0) is 15.0. The van der Waals surface area contributed by atoms with E-state index in [1.165, 1.54) is 18.6 Å². The van der Waals surface area contributed by atoms with E-state index in [-0.39, 0.29) is 5.69 Å². The summed E-state index contributed by atoms with van der Waals surface area (Å²) in [5, 5.41) is 14.8. The molecule has 0 aromatic heterocycles. The van der Waals surface area contributed by atoms with E-state index in [2.05, 4.69) is 5.32 Å². The molecule has 7 nitrogen and oxygen atoms in total. The van der Waals surface area contributed by atoms with Crippen LogP contribution in [0.2, 0.25) is 0 Å². The number of amides is 1. The van der Waals surface area contributed by atoms with E-state index in [0.717, 1.165) is 25.9 Å². The van der Waals surface area contributed by atoms with Crippen molar-refractivity contribution in [1.82, 2.24) is 5.32 Å². The van der Waals surface area contributed by atoms with Crippen molar-refractivity contribution in [2.45, 2.75) is 31.3 Å². The third-order valence-electron chi connectivity index (χ3n) is 4.32. The van der Waals surface area contributed by atoms with Crippen molar-refractivity contribution < 1.29 is 9.72 Å². The van der Waals surface area contributed by atoms with Gasteiger partial charge in [0.2, 0.25) is 5.91 Å². The number of primary amides is 1. The monoisotopic (exact) mass is 290 g/mol. The van der Waals surface area contributed by atoms with E-state index in [1.54, 1.807) is 6.07 Å². The largest absolute Gasteiger partial charge is 0.366 e. The molecule has 2 bridgehead atoms. The first-order valence-corrected chi connectivity index (χ1v) is 7.14. The molecule has 3 N–H and O–H groups in total. The van der Waals surface area contributed by atoms with Gasteiger partial charge >= 0.3 is 0 Å². The number of nitrogens with zero attached hydrogens (tertiary/aromatic N) is 2. The van der Waals surface area contributed by atoms with Crippen LogP contribution in [0.3, 0.4) is 0 Å². The average molecular weight is 290 g/mol. The maximum absolute atomic E-state index is 11.3. The molecule has 2 heterocycles. The molecule has 2 atom stereocenters. The fraction of sp³-hybridized carbons (Fsp3) is 0.500. The zero-order valence-electron chi connectivity index (χ0n) is 11.6. The third kappa shape index (κ3) is 2.69. The molecule has 1 aromatic carbocycles. The van der Waals surface area contributed by atoms with Crippen molar-refractivity contribution in [3.8, 4) is 0 Å². The second-order valence-electron chi connectivity index (χ2n) is 5.70. The first kappa shape index (κ1) is 13.8. The van der Waals surface area contributed by atoms with Crippen LogP contribution in [0.1, 0.15) is 29.6 Å². The van der Waals surface area contributed by atoms with Gasteiger partial charge in [0, 0.05) is 36.8 Å². The number of anilines is 1. The van der Waals surface area contributed by atoms with Crippen LogP contribution in [-0.2, 0) is 0 Å². The lowest BCUT2D eigenvalue weighted by Crippen LogP contribution is -2.35. The number of hydrogen-bond acceptors (Lipinski definition) is 5. The van der Waals surface area contributed by atoms with Crippen molar-refractivity contribution in [3.05, 3.63) is 33.9 Å². The third-order valence-corrected chi connectivity index (χ3v) is 4.32. The van der Waals surface area contributed by atoms with Crippen molar-refractivity contribution in [3.63, 3.8) is 0 Å². The zero-order valence-corrected chi connectivity index (χ0v) is 11.6. The maximum atomic E-state index is 11.3. The number of nitrogens with one attached hydrogen (secondary N) is 1. The topological polar surface area (TPSA) is 102 Å². The molecule has 3 rings (SSSR count). The number of fused-ring (bicyclic) bond motifs is 2. The molecule has 0 radical (unpaired) electrons. The molecule has 1 amide bonds. The number of nitrogens with two attached hydrogens (primary N) is 1. The van der Waals surface area contributed by atoms with Gasteiger partial charge in [-0.15, -0.1) is 0 Å². The van der Waals surface area contributed by atoms with E-state index in [9.17, 15) is 14.9 Å². The summed E-state index contributed by atoms with van der Waals surface area (Å²) in [4.78, 5) is 24.2. The Labute approximate surface area is 122 Å². The van der Waals surface area contributed by atoms with Crippen molar-refractivity contribution in [2.75, 3.05) is 18.0 Å². The van der Waals surface area contributed by atoms with Gasteiger partial charge in [0.1, 0.15) is 5.69 Å². The Balaban J connectivity index is 1.96. The van der Waals surface area contributed by atoms with Crippen LogP contribution in [0.15, 0.2) is 18.2 Å². The molecule has 0 saturated carbocycles. The van der Waals surface area contributed by atoms with Gasteiger partial charge in [0.05, 0.1) is 4.92 Å². The maximum Gasteiger partial charge on any atom is 0.292 e. The molecule has 2 fully saturated rings. The molecule has 0 spiro atoms. The van der Waals surface area contributed by atoms with E-state index in [1.807, 2.05) is 4.90 Å². The summed E-state index contributed by atoms with van der Waals surface area (Å²) in [5.74, 6) is -0.569. The minimum atomic E-state index is -0.569. The summed E-state index contributed by atoms with van der Waals surface area (Å²) in [5.41, 5.74) is 6.11. The molecule has 2 saturated heterocycles. The Morgan fingerprint density at radius 3 is 2.81 bits per heavy atom. The Bertz CT molecular complexity index is 590. The number of carbonyl (C=O) groups excluding carboxylic acids is 1. The molecule has 1 aromatic rings. The number of benzene rings is 1. The number of nitro benzene ring substituents is 1. The van der Waals surface area contributed by atoms with Gasteiger partial charge in [0.25, 0.3) is 5.69 Å². The molecule has 0 aliphatic carbocycles. The summed E-state index contributed by atoms with van der Waals surface area (Å²) in [7, 11) is 0. The van der Waals surface area contributed by atoms with Crippen LogP contribution < -0.4 is 16.0 Å². The fourth-order valence-electron chi connectivity index (χ4n) is 3.25. The van der Waals surface area contributed by atoms with Crippen LogP contribution in [0, 0.1) is 10.1 Å². The quantitative estimate of drug-likeness (QED) is 0.639. The highest BCUT2D eigenvalue weighted by Gasteiger charge is 2.31. The second-order valence-corrected chi connectivity index (χ2v) is 5.70. The summed E-state index contributed by atoms with van der Waals surface area (Å²) < 4.78 is 0. The van der Waals surface area contributed by atoms with Crippen LogP contribution in [0.5, 0.6) is 0 Å². The average Bonchev–Trinajstić information content (AvgIpc) is 2.77. The lowest BCUT2D eigenvalue weighted by Gasteiger charge is -2.26. The van der Waals surface area contributed by atoms with Gasteiger partial charge in [-0.25, -0.2) is 0 Å². The SMILES string of the molecule is NC(=O)c1ccc([N+](=O)[O-])c(N2CCC3CCC(C2)N3)c1. The number of rotatable bonds is 3. The minimum Gasteiger partial charge on any atom is -0.366 e. The molecular formula is C14H18N4O3. The summed E-state index contributed by atoms with van der Waals surface area (Å²) >= 11 is 0. The van der Waals surface area contributed by atoms with Crippen LogP contribution in [0.4, 0.5) is 11.4 Å². The molecule has 2 aliphatic heterocycles. The van der Waals surface area contributed by atoms with E-state index in [4.69, 9.17) is 5.73 Å². The Morgan fingerprint density at radius 1 is 1.33 bits per heavy atom. The van der Waals surface area contributed by atoms with Crippen molar-refractivity contribution in [1.29, 1.82) is 0 Å². The molecule has 112 valence electrons. The summed E-state index contributed by atoms with van der Waals surface area (Å²) in [6.45, 7) is 1.47. The summed E-state index contributed by atoms with van der Waals surface area (Å²) in [6.07, 6.45) is 3.21. The van der Waals surface area contributed by atoms with Crippen molar-refractivity contribution in [2.24, 2.45) is 5.73 Å². The molecule has 2 unspecified atom stereocenters. The summed E-state index contributed by atoms with van der Waals surface area (Å²) in [6, 6.07) is 5.17. The predicted octanol–water partition coefficient (Wildman–Crippen LogP) is 1.02. The lowest BCUT2D eigenvalue weighted by atomic mass is 10.1. The molecule has 21 heavy (non-hydrogen) atoms. The van der Waals surface area contributed by atoms with Gasteiger partial charge in [-0.3, -0.25) is 14.9 Å². The van der Waals surface area contributed by atoms with Gasteiger partial charge in [0.15, 0.2) is 0 Å². The van der Waals surface area contributed by atoms with Gasteiger partial charge in [-0.05, 0) is 31.4 Å². The van der Waals surface area contributed by atoms with E-state index >= 15 is 0 Å². The standard InChI is InChI=1S/C14H18N4O3/c15-14(19)9-1-4-12(18(20)21)13(7-9)17-6-5-10-2-3-11(8-17)16-10/h1,4,7,10-11,16H,2-3,5-6,8H2,(H2,15,19). The Kier molecular flexibility index (Phi) is 3.50. The number of hydrogen-bond donors (Lipinski definition) is 2. The fourth-order valence-corrected chi connectivity index (χ4v) is 3.25. The van der Waals surface area contributed by atoms with Gasteiger partial charge < -0.3 is 16.0 Å². The first-order valence-electron chi connectivity index (χ1n) is 7.14. The molecule has 7 heteroatoms. The van der Waals surface area contributed by atoms with Crippen molar-refractivity contribution >= 4 is 17.3 Å². The first-order chi connectivity index (χ1) is 10.0. The predicted molar refractivity (Wildman–Crippen MR) is 78.4 cm³/mol. The lowest BCUT2D eigenvalue weighted by molar-refractivity contribution is -0.384. The van der Waals surface area contributed by atoms with Crippen LogP contribution >= 0.6 is 0 Å². The number of nitro groups is 1. The highest BCUT2D eigenvalue weighted by atomic mass is 16.6. The second kappa shape index (κ2) is 5.33. The number of carbonyl (C=O) groups is 1. The van der Waals surface area contributed by atoms with E-state index in [0.29, 0.717) is 23.3 Å². The minimum absolute atomic E-state index is 0.0257. The molecule has 2 aliphatic rings. The van der Waals surface area contributed by atoms with Crippen LogP contribution in [-0.4, -0.2) is 36.0 Å². The smallest absolute Gasteiger partial charge is 0.292 e. The Hall–Kier alpha value is -2.15. The normalized spacial score (nSPS) is 24.7.